The summed E-state index contributed by atoms with van der Waals surface area (Å²) < 4.78 is 0. The second-order valence-electron chi connectivity index (χ2n) is 4.00. The van der Waals surface area contributed by atoms with E-state index in [1.165, 1.54) is 0 Å². The molecule has 0 aromatic heterocycles. The van der Waals surface area contributed by atoms with Crippen molar-refractivity contribution in [3.05, 3.63) is 24.3 Å². The smallest absolute Gasteiger partial charge is 0.331 e. The number of aliphatic carboxylic acids is 2. The lowest BCUT2D eigenvalue weighted by atomic mass is 10.1. The summed E-state index contributed by atoms with van der Waals surface area (Å²) in [4.78, 5) is 20.1. The van der Waals surface area contributed by atoms with Crippen LogP contribution >= 0.6 is 0 Å². The summed E-state index contributed by atoms with van der Waals surface area (Å²) in [5.41, 5.74) is 0.585. The molecule has 0 aromatic carbocycles. The van der Waals surface area contributed by atoms with Gasteiger partial charge in [-0.15, -0.1) is 0 Å². The zero-order valence-electron chi connectivity index (χ0n) is 10.8. The molecule has 0 heterocycles. The Kier molecular flexibility index (Phi) is 10.1. The first-order valence-corrected chi connectivity index (χ1v) is 5.57. The number of carboxylic acids is 2. The minimum atomic E-state index is -0.903. The summed E-state index contributed by atoms with van der Waals surface area (Å²) in [7, 11) is 0. The highest BCUT2D eigenvalue weighted by atomic mass is 16.4. The van der Waals surface area contributed by atoms with E-state index in [0.717, 1.165) is 12.8 Å². The van der Waals surface area contributed by atoms with Gasteiger partial charge in [-0.1, -0.05) is 40.3 Å². The molecule has 0 unspecified atom stereocenters. The van der Waals surface area contributed by atoms with Crippen LogP contribution in [0.4, 0.5) is 0 Å². The van der Waals surface area contributed by atoms with Gasteiger partial charge >= 0.3 is 11.9 Å². The first-order valence-electron chi connectivity index (χ1n) is 5.57. The molecule has 0 aliphatic carbocycles. The van der Waals surface area contributed by atoms with Crippen LogP contribution in [0, 0.1) is 5.92 Å². The third-order valence-corrected chi connectivity index (χ3v) is 2.11. The maximum Gasteiger partial charge on any atom is 0.331 e. The van der Waals surface area contributed by atoms with Crippen LogP contribution in [0.25, 0.3) is 0 Å². The van der Waals surface area contributed by atoms with Crippen molar-refractivity contribution in [2.45, 2.75) is 40.0 Å². The molecule has 0 aliphatic heterocycles. The number of rotatable bonds is 6. The molecular formula is C13H22O4. The van der Waals surface area contributed by atoms with E-state index in [1.807, 2.05) is 6.92 Å². The molecule has 0 rings (SSSR count). The van der Waals surface area contributed by atoms with Crippen molar-refractivity contribution < 1.29 is 19.8 Å². The predicted octanol–water partition coefficient (Wildman–Crippen LogP) is 3.10. The standard InChI is InChI=1S/C7H12O2.C6H10O2/c1-3-4-5-6(2)7(8)9;1-4(2)5(3)6(7)8/h2-5H2,1H3,(H,8,9);4H,3H2,1-2H3,(H,7,8). The topological polar surface area (TPSA) is 74.6 Å². The van der Waals surface area contributed by atoms with E-state index in [1.54, 1.807) is 13.8 Å². The lowest BCUT2D eigenvalue weighted by Crippen LogP contribution is -2.04. The van der Waals surface area contributed by atoms with Crippen LogP contribution in [-0.4, -0.2) is 22.2 Å². The Morgan fingerprint density at radius 2 is 1.59 bits per heavy atom. The van der Waals surface area contributed by atoms with Crippen LogP contribution in [0.3, 0.4) is 0 Å². The summed E-state index contributed by atoms with van der Waals surface area (Å²) in [6, 6.07) is 0. The quantitative estimate of drug-likeness (QED) is 0.702. The highest BCUT2D eigenvalue weighted by Crippen LogP contribution is 2.05. The van der Waals surface area contributed by atoms with Crippen molar-refractivity contribution in [1.82, 2.24) is 0 Å². The SMILES string of the molecule is C=C(C(=O)O)C(C)C.C=C(CCCC)C(=O)O. The van der Waals surface area contributed by atoms with E-state index in [0.29, 0.717) is 12.0 Å². The summed E-state index contributed by atoms with van der Waals surface area (Å²) >= 11 is 0. The average molecular weight is 242 g/mol. The van der Waals surface area contributed by atoms with E-state index < -0.39 is 11.9 Å². The average Bonchev–Trinajstić information content (AvgIpc) is 2.25. The Balaban J connectivity index is 0. The summed E-state index contributed by atoms with van der Waals surface area (Å²) in [6.45, 7) is 12.4. The number of unbranched alkanes of at least 4 members (excludes halogenated alkanes) is 1. The fourth-order valence-corrected chi connectivity index (χ4v) is 0.744. The molecular weight excluding hydrogens is 220 g/mol. The third kappa shape index (κ3) is 10.7. The van der Waals surface area contributed by atoms with Gasteiger partial charge in [0.2, 0.25) is 0 Å². The van der Waals surface area contributed by atoms with E-state index in [9.17, 15) is 9.59 Å². The van der Waals surface area contributed by atoms with E-state index in [-0.39, 0.29) is 11.5 Å². The van der Waals surface area contributed by atoms with Gasteiger partial charge in [0.1, 0.15) is 0 Å². The van der Waals surface area contributed by atoms with Gasteiger partial charge in [-0.2, -0.15) is 0 Å². The Morgan fingerprint density at radius 1 is 1.12 bits per heavy atom. The van der Waals surface area contributed by atoms with Crippen molar-refractivity contribution in [1.29, 1.82) is 0 Å². The van der Waals surface area contributed by atoms with Gasteiger partial charge in [-0.05, 0) is 18.8 Å². The van der Waals surface area contributed by atoms with E-state index in [4.69, 9.17) is 10.2 Å². The molecule has 0 atom stereocenters. The van der Waals surface area contributed by atoms with Crippen LogP contribution in [0.2, 0.25) is 0 Å². The van der Waals surface area contributed by atoms with Gasteiger partial charge < -0.3 is 10.2 Å². The van der Waals surface area contributed by atoms with Crippen LogP contribution in [0.5, 0.6) is 0 Å². The minimum Gasteiger partial charge on any atom is -0.478 e. The molecule has 4 heteroatoms. The van der Waals surface area contributed by atoms with Crippen molar-refractivity contribution in [2.24, 2.45) is 5.92 Å². The monoisotopic (exact) mass is 242 g/mol. The normalized spacial score (nSPS) is 9.18. The molecule has 2 N–H and O–H groups in total. The van der Waals surface area contributed by atoms with Crippen molar-refractivity contribution in [2.75, 3.05) is 0 Å². The predicted molar refractivity (Wildman–Crippen MR) is 67.9 cm³/mol. The van der Waals surface area contributed by atoms with Gasteiger partial charge in [-0.25, -0.2) is 9.59 Å². The zero-order chi connectivity index (χ0) is 14.0. The van der Waals surface area contributed by atoms with Gasteiger partial charge in [0, 0.05) is 11.1 Å². The molecule has 0 aromatic rings. The van der Waals surface area contributed by atoms with Crippen LogP contribution in [0.15, 0.2) is 24.3 Å². The molecule has 0 spiro atoms. The first kappa shape index (κ1) is 17.8. The highest BCUT2D eigenvalue weighted by Gasteiger charge is 2.06. The Labute approximate surface area is 103 Å². The molecule has 0 bridgehead atoms. The van der Waals surface area contributed by atoms with Crippen LogP contribution in [-0.2, 0) is 9.59 Å². The lowest BCUT2D eigenvalue weighted by Gasteiger charge is -2.00. The largest absolute Gasteiger partial charge is 0.478 e. The maximum atomic E-state index is 10.1. The molecule has 0 saturated heterocycles. The fraction of sp³-hybridized carbons (Fsp3) is 0.538. The van der Waals surface area contributed by atoms with Crippen LogP contribution < -0.4 is 0 Å². The number of hydrogen-bond acceptors (Lipinski definition) is 2. The van der Waals surface area contributed by atoms with E-state index >= 15 is 0 Å². The number of hydrogen-bond donors (Lipinski definition) is 2. The molecule has 17 heavy (non-hydrogen) atoms. The van der Waals surface area contributed by atoms with Gasteiger partial charge in [0.15, 0.2) is 0 Å². The summed E-state index contributed by atoms with van der Waals surface area (Å²) in [5, 5.41) is 16.6. The van der Waals surface area contributed by atoms with E-state index in [2.05, 4.69) is 13.2 Å². The molecule has 0 fully saturated rings. The fourth-order valence-electron chi connectivity index (χ4n) is 0.744. The van der Waals surface area contributed by atoms with Crippen molar-refractivity contribution in [3.63, 3.8) is 0 Å². The zero-order valence-corrected chi connectivity index (χ0v) is 10.8. The maximum absolute atomic E-state index is 10.1. The molecule has 4 nitrogen and oxygen atoms in total. The van der Waals surface area contributed by atoms with Gasteiger partial charge in [-0.3, -0.25) is 0 Å². The van der Waals surface area contributed by atoms with Crippen LogP contribution in [0.1, 0.15) is 40.0 Å². The van der Waals surface area contributed by atoms with Crippen molar-refractivity contribution in [3.8, 4) is 0 Å². The summed E-state index contributed by atoms with van der Waals surface area (Å²) in [6.07, 6.45) is 2.56. The minimum absolute atomic E-state index is 0.0486. The third-order valence-electron chi connectivity index (χ3n) is 2.11. The molecule has 0 aliphatic rings. The Bertz CT molecular complexity index is 290. The highest BCUT2D eigenvalue weighted by molar-refractivity contribution is 5.86. The molecule has 98 valence electrons. The Hall–Kier alpha value is -1.58. The number of carbonyl (C=O) groups is 2. The molecule has 0 saturated carbocycles. The van der Waals surface area contributed by atoms with Gasteiger partial charge in [0.25, 0.3) is 0 Å². The Morgan fingerprint density at radius 3 is 1.76 bits per heavy atom. The molecule has 0 radical (unpaired) electrons. The second kappa shape index (κ2) is 9.63. The van der Waals surface area contributed by atoms with Gasteiger partial charge in [0.05, 0.1) is 0 Å². The lowest BCUT2D eigenvalue weighted by molar-refractivity contribution is -0.133. The number of carboxylic acid groups (broad SMARTS) is 2. The second-order valence-corrected chi connectivity index (χ2v) is 4.00. The van der Waals surface area contributed by atoms with Crippen molar-refractivity contribution >= 4 is 11.9 Å². The first-order chi connectivity index (χ1) is 7.73. The summed E-state index contributed by atoms with van der Waals surface area (Å²) in [5.74, 6) is -1.73. The molecule has 0 amide bonds.